The van der Waals surface area contributed by atoms with E-state index in [1.807, 2.05) is 0 Å². The van der Waals surface area contributed by atoms with Gasteiger partial charge in [0.25, 0.3) is 0 Å². The van der Waals surface area contributed by atoms with Gasteiger partial charge in [0.05, 0.1) is 6.54 Å². The van der Waals surface area contributed by atoms with E-state index in [-0.39, 0.29) is 18.6 Å². The molecule has 0 aliphatic carbocycles. The Kier molecular flexibility index (Phi) is 4.46. The van der Waals surface area contributed by atoms with Crippen molar-refractivity contribution in [3.63, 3.8) is 0 Å². The molecule has 0 N–H and O–H groups in total. The number of likely N-dealkylation sites (tertiary alicyclic amines) is 1. The highest BCUT2D eigenvalue weighted by Gasteiger charge is 2.24. The Morgan fingerprint density at radius 3 is 3.22 bits per heavy atom. The SMILES string of the molecule is COCC(=O)N1CCCC(Oc2cccnn2)C1. The van der Waals surface area contributed by atoms with Gasteiger partial charge in [-0.1, -0.05) is 0 Å². The third-order valence-corrected chi connectivity index (χ3v) is 2.83. The molecule has 18 heavy (non-hydrogen) atoms. The number of piperidine rings is 1. The minimum atomic E-state index is -0.0174. The first-order valence-electron chi connectivity index (χ1n) is 6.00. The summed E-state index contributed by atoms with van der Waals surface area (Å²) >= 11 is 0. The van der Waals surface area contributed by atoms with Crippen LogP contribution in [0, 0.1) is 0 Å². The molecule has 0 radical (unpaired) electrons. The second-order valence-electron chi connectivity index (χ2n) is 4.22. The number of amides is 1. The molecule has 2 rings (SSSR count). The maximum atomic E-state index is 11.7. The van der Waals surface area contributed by atoms with Crippen LogP contribution in [-0.4, -0.2) is 53.9 Å². The quantitative estimate of drug-likeness (QED) is 0.779. The molecule has 0 aromatic carbocycles. The molecule has 1 amide bonds. The van der Waals surface area contributed by atoms with E-state index in [9.17, 15) is 4.79 Å². The fourth-order valence-corrected chi connectivity index (χ4v) is 2.00. The first-order chi connectivity index (χ1) is 8.79. The molecule has 1 saturated heterocycles. The summed E-state index contributed by atoms with van der Waals surface area (Å²) in [6, 6.07) is 3.54. The van der Waals surface area contributed by atoms with E-state index in [1.54, 1.807) is 23.2 Å². The molecule has 1 fully saturated rings. The van der Waals surface area contributed by atoms with Crippen molar-refractivity contribution in [2.24, 2.45) is 0 Å². The largest absolute Gasteiger partial charge is 0.471 e. The molecule has 1 aromatic heterocycles. The molecule has 98 valence electrons. The lowest BCUT2D eigenvalue weighted by Crippen LogP contribution is -2.45. The van der Waals surface area contributed by atoms with Gasteiger partial charge in [-0.15, -0.1) is 5.10 Å². The molecular weight excluding hydrogens is 234 g/mol. The van der Waals surface area contributed by atoms with E-state index in [4.69, 9.17) is 9.47 Å². The van der Waals surface area contributed by atoms with Gasteiger partial charge in [-0.05, 0) is 18.9 Å². The van der Waals surface area contributed by atoms with E-state index in [1.165, 1.54) is 7.11 Å². The number of hydrogen-bond acceptors (Lipinski definition) is 5. The predicted octanol–water partition coefficient (Wildman–Crippen LogP) is 0.493. The van der Waals surface area contributed by atoms with Crippen LogP contribution >= 0.6 is 0 Å². The van der Waals surface area contributed by atoms with Crippen molar-refractivity contribution < 1.29 is 14.3 Å². The monoisotopic (exact) mass is 251 g/mol. The van der Waals surface area contributed by atoms with Gasteiger partial charge < -0.3 is 14.4 Å². The Labute approximate surface area is 106 Å². The number of rotatable bonds is 4. The van der Waals surface area contributed by atoms with Crippen molar-refractivity contribution in [2.45, 2.75) is 18.9 Å². The molecule has 6 nitrogen and oxygen atoms in total. The van der Waals surface area contributed by atoms with Gasteiger partial charge in [0, 0.05) is 25.9 Å². The minimum Gasteiger partial charge on any atom is -0.471 e. The van der Waals surface area contributed by atoms with Crippen molar-refractivity contribution in [3.05, 3.63) is 18.3 Å². The zero-order valence-electron chi connectivity index (χ0n) is 10.4. The van der Waals surface area contributed by atoms with Gasteiger partial charge in [-0.25, -0.2) is 0 Å². The molecule has 6 heteroatoms. The first kappa shape index (κ1) is 12.8. The number of carbonyl (C=O) groups is 1. The summed E-state index contributed by atoms with van der Waals surface area (Å²) in [7, 11) is 1.52. The standard InChI is InChI=1S/C12H17N3O3/c1-17-9-12(16)15-7-3-4-10(8-15)18-11-5-2-6-13-14-11/h2,5-6,10H,3-4,7-9H2,1H3. The highest BCUT2D eigenvalue weighted by molar-refractivity contribution is 5.77. The average Bonchev–Trinajstić information content (AvgIpc) is 2.40. The fraction of sp³-hybridized carbons (Fsp3) is 0.583. The van der Waals surface area contributed by atoms with Gasteiger partial charge in [0.2, 0.25) is 11.8 Å². The molecule has 0 bridgehead atoms. The molecule has 0 saturated carbocycles. The topological polar surface area (TPSA) is 64.5 Å². The summed E-state index contributed by atoms with van der Waals surface area (Å²) in [5, 5.41) is 7.64. The van der Waals surface area contributed by atoms with Crippen LogP contribution in [0.5, 0.6) is 5.88 Å². The maximum absolute atomic E-state index is 11.7. The van der Waals surface area contributed by atoms with Crippen LogP contribution < -0.4 is 4.74 Å². The van der Waals surface area contributed by atoms with Gasteiger partial charge in [-0.2, -0.15) is 5.10 Å². The molecule has 0 spiro atoms. The third-order valence-electron chi connectivity index (χ3n) is 2.83. The Morgan fingerprint density at radius 2 is 2.50 bits per heavy atom. The lowest BCUT2D eigenvalue weighted by molar-refractivity contribution is -0.137. The number of methoxy groups -OCH3 is 1. The Hall–Kier alpha value is -1.69. The summed E-state index contributed by atoms with van der Waals surface area (Å²) in [5.41, 5.74) is 0. The van der Waals surface area contributed by atoms with E-state index >= 15 is 0 Å². The van der Waals surface area contributed by atoms with Gasteiger partial charge in [0.1, 0.15) is 12.7 Å². The van der Waals surface area contributed by atoms with Gasteiger partial charge >= 0.3 is 0 Å². The Morgan fingerprint density at radius 1 is 1.61 bits per heavy atom. The van der Waals surface area contributed by atoms with Crippen LogP contribution in [0.2, 0.25) is 0 Å². The molecule has 1 aliphatic rings. The minimum absolute atomic E-state index is 0.00458. The highest BCUT2D eigenvalue weighted by Crippen LogP contribution is 2.16. The van der Waals surface area contributed by atoms with Crippen LogP contribution in [0.1, 0.15) is 12.8 Å². The zero-order valence-corrected chi connectivity index (χ0v) is 10.4. The van der Waals surface area contributed by atoms with E-state index in [0.29, 0.717) is 12.4 Å². The summed E-state index contributed by atoms with van der Waals surface area (Å²) in [4.78, 5) is 13.5. The van der Waals surface area contributed by atoms with Crippen molar-refractivity contribution in [2.75, 3.05) is 26.8 Å². The lowest BCUT2D eigenvalue weighted by atomic mass is 10.1. The second-order valence-corrected chi connectivity index (χ2v) is 4.22. The summed E-state index contributed by atoms with van der Waals surface area (Å²) in [5.74, 6) is 0.508. The van der Waals surface area contributed by atoms with Crippen LogP contribution in [-0.2, 0) is 9.53 Å². The van der Waals surface area contributed by atoms with Gasteiger partial charge in [-0.3, -0.25) is 4.79 Å². The molecule has 2 heterocycles. The first-order valence-corrected chi connectivity index (χ1v) is 6.00. The summed E-state index contributed by atoms with van der Waals surface area (Å²) < 4.78 is 10.6. The number of nitrogens with zero attached hydrogens (tertiary/aromatic N) is 3. The fourth-order valence-electron chi connectivity index (χ4n) is 2.00. The summed E-state index contributed by atoms with van der Waals surface area (Å²) in [6.45, 7) is 1.47. The van der Waals surface area contributed by atoms with E-state index in [2.05, 4.69) is 10.2 Å². The summed E-state index contributed by atoms with van der Waals surface area (Å²) in [6.07, 6.45) is 3.44. The maximum Gasteiger partial charge on any atom is 0.248 e. The molecule has 1 aromatic rings. The van der Waals surface area contributed by atoms with E-state index < -0.39 is 0 Å². The van der Waals surface area contributed by atoms with E-state index in [0.717, 1.165) is 19.4 Å². The smallest absolute Gasteiger partial charge is 0.248 e. The van der Waals surface area contributed by atoms with Crippen LogP contribution in [0.4, 0.5) is 0 Å². The second kappa shape index (κ2) is 6.30. The Bertz CT molecular complexity index is 385. The van der Waals surface area contributed by atoms with Crippen LogP contribution in [0.15, 0.2) is 18.3 Å². The molecule has 1 aliphatic heterocycles. The highest BCUT2D eigenvalue weighted by atomic mass is 16.5. The average molecular weight is 251 g/mol. The van der Waals surface area contributed by atoms with Crippen LogP contribution in [0.25, 0.3) is 0 Å². The molecular formula is C12H17N3O3. The van der Waals surface area contributed by atoms with Crippen molar-refractivity contribution in [3.8, 4) is 5.88 Å². The number of aromatic nitrogens is 2. The van der Waals surface area contributed by atoms with Crippen molar-refractivity contribution in [1.29, 1.82) is 0 Å². The van der Waals surface area contributed by atoms with Crippen molar-refractivity contribution in [1.82, 2.24) is 15.1 Å². The normalized spacial score (nSPS) is 19.6. The number of carbonyl (C=O) groups excluding carboxylic acids is 1. The van der Waals surface area contributed by atoms with Crippen LogP contribution in [0.3, 0.4) is 0 Å². The van der Waals surface area contributed by atoms with Gasteiger partial charge in [0.15, 0.2) is 0 Å². The Balaban J connectivity index is 1.89. The predicted molar refractivity (Wildman–Crippen MR) is 64.1 cm³/mol. The molecule has 1 unspecified atom stereocenters. The number of hydrogen-bond donors (Lipinski definition) is 0. The zero-order chi connectivity index (χ0) is 12.8. The van der Waals surface area contributed by atoms with Crippen molar-refractivity contribution >= 4 is 5.91 Å². The third kappa shape index (κ3) is 3.40. The number of ether oxygens (including phenoxy) is 2. The molecule has 1 atom stereocenters. The lowest BCUT2D eigenvalue weighted by Gasteiger charge is -2.32.